The number of nitrogens with zero attached hydrogens (tertiary/aromatic N) is 3. The Balaban J connectivity index is 1.81. The van der Waals surface area contributed by atoms with Gasteiger partial charge in [-0.05, 0) is 45.6 Å². The molecular formula is C22H28Cl2N4O4S. The molecule has 0 radical (unpaired) electrons. The van der Waals surface area contributed by atoms with E-state index >= 15 is 0 Å². The molecule has 11 heteroatoms. The summed E-state index contributed by atoms with van der Waals surface area (Å²) in [4.78, 5) is 30.1. The molecular weight excluding hydrogens is 487 g/mol. The first-order chi connectivity index (χ1) is 15.4. The first-order valence-electron chi connectivity index (χ1n) is 10.6. The third-order valence-corrected chi connectivity index (χ3v) is 7.99. The van der Waals surface area contributed by atoms with E-state index in [1.54, 1.807) is 18.0 Å². The number of aryl methyl sites for hydroxylation is 1. The fourth-order valence-corrected chi connectivity index (χ4v) is 4.94. The van der Waals surface area contributed by atoms with Gasteiger partial charge < -0.3 is 19.1 Å². The number of halogens is 2. The summed E-state index contributed by atoms with van der Waals surface area (Å²) in [5, 5.41) is 11.1. The molecule has 2 heterocycles. The normalized spacial score (nSPS) is 17.1. The van der Waals surface area contributed by atoms with Gasteiger partial charge in [0.2, 0.25) is 0 Å². The fraction of sp³-hybridized carbons (Fsp3) is 0.500. The number of carbonyl (C=O) groups excluding carboxylic acids is 1. The molecule has 1 aliphatic rings. The van der Waals surface area contributed by atoms with Crippen molar-refractivity contribution in [2.45, 2.75) is 44.4 Å². The van der Waals surface area contributed by atoms with Gasteiger partial charge in [0, 0.05) is 49.3 Å². The molecule has 180 valence electrons. The third kappa shape index (κ3) is 6.02. The molecule has 1 aliphatic heterocycles. The molecule has 8 nitrogen and oxygen atoms in total. The maximum atomic E-state index is 12.9. The van der Waals surface area contributed by atoms with E-state index in [0.717, 1.165) is 6.20 Å². The first kappa shape index (κ1) is 25.8. The summed E-state index contributed by atoms with van der Waals surface area (Å²) in [6, 6.07) is 2.54. The van der Waals surface area contributed by atoms with Crippen molar-refractivity contribution in [1.82, 2.24) is 19.2 Å². The number of aromatic hydroxyl groups is 1. The van der Waals surface area contributed by atoms with Gasteiger partial charge in [-0.2, -0.15) is 0 Å². The number of phenolic OH excluding ortho intramolecular Hbond substituents is 1. The number of carbonyl (C=O) groups is 1. The van der Waals surface area contributed by atoms with Crippen molar-refractivity contribution in [2.24, 2.45) is 13.0 Å². The Morgan fingerprint density at radius 1 is 1.27 bits per heavy atom. The van der Waals surface area contributed by atoms with E-state index in [0.29, 0.717) is 36.5 Å². The van der Waals surface area contributed by atoms with Crippen LogP contribution in [0.1, 0.15) is 55.7 Å². The lowest BCUT2D eigenvalue weighted by atomic mass is 9.85. The van der Waals surface area contributed by atoms with Gasteiger partial charge >= 0.3 is 0 Å². The van der Waals surface area contributed by atoms with Crippen LogP contribution in [-0.2, 0) is 18.4 Å². The highest BCUT2D eigenvalue weighted by molar-refractivity contribution is 7.90. The second-order valence-corrected chi connectivity index (χ2v) is 12.0. The van der Waals surface area contributed by atoms with Crippen molar-refractivity contribution in [2.75, 3.05) is 13.1 Å². The lowest BCUT2D eigenvalue weighted by Crippen LogP contribution is -2.46. The molecule has 2 N–H and O–H groups in total. The van der Waals surface area contributed by atoms with E-state index in [-0.39, 0.29) is 33.9 Å². The highest BCUT2D eigenvalue weighted by Crippen LogP contribution is 2.40. The maximum Gasteiger partial charge on any atom is 0.273 e. The van der Waals surface area contributed by atoms with Crippen LogP contribution in [0.15, 0.2) is 29.3 Å². The van der Waals surface area contributed by atoms with E-state index in [1.807, 2.05) is 20.8 Å². The number of rotatable bonds is 5. The van der Waals surface area contributed by atoms with Crippen molar-refractivity contribution >= 4 is 40.5 Å². The topological polar surface area (TPSA) is 111 Å². The summed E-state index contributed by atoms with van der Waals surface area (Å²) in [6.45, 7) is 6.50. The van der Waals surface area contributed by atoms with Crippen LogP contribution in [0.2, 0.25) is 10.0 Å². The van der Waals surface area contributed by atoms with Crippen LogP contribution >= 0.6 is 23.2 Å². The molecule has 33 heavy (non-hydrogen) atoms. The second kappa shape index (κ2) is 10.2. The van der Waals surface area contributed by atoms with E-state index in [9.17, 15) is 19.2 Å². The highest BCUT2D eigenvalue weighted by atomic mass is 35.5. The molecule has 1 amide bonds. The number of aromatic nitrogens is 2. The number of likely N-dealkylation sites (tertiary alicyclic amines) is 1. The largest absolute Gasteiger partial charge is 0.598 e. The monoisotopic (exact) mass is 514 g/mol. The summed E-state index contributed by atoms with van der Waals surface area (Å²) in [7, 11) is 1.57. The van der Waals surface area contributed by atoms with Crippen LogP contribution < -0.4 is 10.3 Å². The summed E-state index contributed by atoms with van der Waals surface area (Å²) in [5.41, 5.74) is 0.445. The smallest absolute Gasteiger partial charge is 0.273 e. The minimum absolute atomic E-state index is 0.0171. The Kier molecular flexibility index (Phi) is 8.01. The predicted octanol–water partition coefficient (Wildman–Crippen LogP) is 3.44. The van der Waals surface area contributed by atoms with Gasteiger partial charge in [0.25, 0.3) is 11.5 Å². The number of benzene rings is 1. The van der Waals surface area contributed by atoms with Crippen LogP contribution in [0.3, 0.4) is 0 Å². The van der Waals surface area contributed by atoms with Gasteiger partial charge in [-0.25, -0.2) is 4.98 Å². The number of piperidine rings is 1. The third-order valence-electron chi connectivity index (χ3n) is 5.69. The summed E-state index contributed by atoms with van der Waals surface area (Å²) >= 11 is 10.9. The molecule has 0 bridgehead atoms. The molecule has 2 atom stereocenters. The quantitative estimate of drug-likeness (QED) is 0.591. The standard InChI is InChI=1S/C22H28Cl2N4O4S/c1-22(2,3)33(32)26-20(14-9-15(23)16(24)10-18(14)29)13-5-7-28(8-6-13)21(31)17-12-27(4)19(30)11-25-17/h9-13,20,26,29H,5-8H2,1-4H3. The zero-order valence-electron chi connectivity index (χ0n) is 19.0. The highest BCUT2D eigenvalue weighted by Gasteiger charge is 2.37. The van der Waals surface area contributed by atoms with Gasteiger partial charge in [-0.15, -0.1) is 4.72 Å². The molecule has 0 saturated carbocycles. The molecule has 1 fully saturated rings. The van der Waals surface area contributed by atoms with Gasteiger partial charge in [-0.3, -0.25) is 9.59 Å². The average Bonchev–Trinajstić information content (AvgIpc) is 2.75. The van der Waals surface area contributed by atoms with Crippen molar-refractivity contribution in [3.05, 3.63) is 56.2 Å². The van der Waals surface area contributed by atoms with Crippen LogP contribution in [0, 0.1) is 5.92 Å². The minimum Gasteiger partial charge on any atom is -0.598 e. The van der Waals surface area contributed by atoms with Crippen molar-refractivity contribution in [1.29, 1.82) is 0 Å². The number of phenols is 1. The first-order valence-corrected chi connectivity index (χ1v) is 12.5. The van der Waals surface area contributed by atoms with Gasteiger partial charge in [0.1, 0.15) is 16.2 Å². The number of nitrogens with one attached hydrogen (secondary N) is 1. The Hall–Kier alpha value is -1.78. The van der Waals surface area contributed by atoms with Gasteiger partial charge in [0.15, 0.2) is 0 Å². The fourth-order valence-electron chi connectivity index (χ4n) is 3.71. The van der Waals surface area contributed by atoms with Crippen LogP contribution in [0.5, 0.6) is 5.75 Å². The summed E-state index contributed by atoms with van der Waals surface area (Å²) < 4.78 is 16.9. The van der Waals surface area contributed by atoms with Crippen molar-refractivity contribution in [3.63, 3.8) is 0 Å². The molecule has 1 aromatic heterocycles. The van der Waals surface area contributed by atoms with Gasteiger partial charge in [-0.1, -0.05) is 23.2 Å². The molecule has 0 spiro atoms. The second-order valence-electron chi connectivity index (χ2n) is 9.15. The average molecular weight is 515 g/mol. The summed E-state index contributed by atoms with van der Waals surface area (Å²) in [5.74, 6) is -0.290. The van der Waals surface area contributed by atoms with Crippen LogP contribution in [-0.4, -0.2) is 47.9 Å². The Morgan fingerprint density at radius 2 is 1.88 bits per heavy atom. The molecule has 3 rings (SSSR count). The van der Waals surface area contributed by atoms with E-state index in [1.165, 1.54) is 16.8 Å². The Labute approximate surface area is 206 Å². The maximum absolute atomic E-state index is 12.9. The minimum atomic E-state index is -1.40. The molecule has 2 unspecified atom stereocenters. The summed E-state index contributed by atoms with van der Waals surface area (Å²) in [6.07, 6.45) is 3.78. The lowest BCUT2D eigenvalue weighted by molar-refractivity contribution is 0.0667. The predicted molar refractivity (Wildman–Crippen MR) is 130 cm³/mol. The van der Waals surface area contributed by atoms with E-state index < -0.39 is 22.2 Å². The number of hydrogen-bond acceptors (Lipinski definition) is 6. The number of hydrogen-bond donors (Lipinski definition) is 2. The SMILES string of the molecule is Cn1cc(C(=O)N2CCC(C(N[S+]([O-])C(C)(C)C)c3cc(Cl)c(Cl)cc3O)CC2)ncc1=O. The van der Waals surface area contributed by atoms with E-state index in [2.05, 4.69) is 9.71 Å². The zero-order chi connectivity index (χ0) is 24.5. The van der Waals surface area contributed by atoms with Crippen LogP contribution in [0.25, 0.3) is 0 Å². The lowest BCUT2D eigenvalue weighted by Gasteiger charge is -2.37. The van der Waals surface area contributed by atoms with E-state index in [4.69, 9.17) is 23.2 Å². The zero-order valence-corrected chi connectivity index (χ0v) is 21.3. The van der Waals surface area contributed by atoms with Gasteiger partial charge in [0.05, 0.1) is 22.3 Å². The Bertz CT molecular complexity index is 1080. The molecule has 1 aromatic carbocycles. The van der Waals surface area contributed by atoms with Crippen molar-refractivity contribution < 1.29 is 14.5 Å². The van der Waals surface area contributed by atoms with Crippen LogP contribution in [0.4, 0.5) is 0 Å². The molecule has 1 saturated heterocycles. The number of amides is 1. The molecule has 2 aromatic rings. The Morgan fingerprint density at radius 3 is 2.45 bits per heavy atom. The molecule has 0 aliphatic carbocycles. The van der Waals surface area contributed by atoms with Crippen molar-refractivity contribution in [3.8, 4) is 5.75 Å².